The summed E-state index contributed by atoms with van der Waals surface area (Å²) in [5, 5.41) is 3.49. The molecule has 1 fully saturated rings. The number of rotatable bonds is 6. The molecule has 0 aliphatic heterocycles. The van der Waals surface area contributed by atoms with Gasteiger partial charge < -0.3 is 5.32 Å². The third-order valence-corrected chi connectivity index (χ3v) is 4.22. The minimum atomic E-state index is -0.619. The fourth-order valence-corrected chi connectivity index (χ4v) is 2.79. The van der Waals surface area contributed by atoms with Crippen LogP contribution in [0.2, 0.25) is 0 Å². The van der Waals surface area contributed by atoms with Gasteiger partial charge in [0.05, 0.1) is 0 Å². The smallest absolute Gasteiger partial charge is 0.0244 e. The van der Waals surface area contributed by atoms with Gasteiger partial charge in [0, 0.05) is 22.8 Å². The highest BCUT2D eigenvalue weighted by molar-refractivity contribution is 7.84. The molecule has 0 aromatic rings. The summed E-state index contributed by atoms with van der Waals surface area (Å²) in [4.78, 5) is 0. The quantitative estimate of drug-likeness (QED) is 0.710. The van der Waals surface area contributed by atoms with E-state index in [-0.39, 0.29) is 0 Å². The Morgan fingerprint density at radius 2 is 1.93 bits per heavy atom. The van der Waals surface area contributed by atoms with Crippen LogP contribution < -0.4 is 5.32 Å². The standard InChI is InChI=1S/C12H25NOS/c1-11-4-6-12(7-5-11)10-13-8-3-9-15(2)14/h11-13H,3-10H2,1-2H3. The second kappa shape index (κ2) is 7.39. The highest BCUT2D eigenvalue weighted by Crippen LogP contribution is 2.27. The molecule has 1 aliphatic carbocycles. The molecule has 1 rings (SSSR count). The molecular weight excluding hydrogens is 206 g/mol. The van der Waals surface area contributed by atoms with Gasteiger partial charge in [-0.1, -0.05) is 19.8 Å². The fraction of sp³-hybridized carbons (Fsp3) is 1.00. The van der Waals surface area contributed by atoms with Gasteiger partial charge in [0.2, 0.25) is 0 Å². The molecule has 1 N–H and O–H groups in total. The third kappa shape index (κ3) is 6.31. The van der Waals surface area contributed by atoms with Gasteiger partial charge in [0.1, 0.15) is 0 Å². The van der Waals surface area contributed by atoms with Gasteiger partial charge in [0.25, 0.3) is 0 Å². The van der Waals surface area contributed by atoms with Gasteiger partial charge in [-0.3, -0.25) is 4.21 Å². The summed E-state index contributed by atoms with van der Waals surface area (Å²) in [7, 11) is -0.619. The van der Waals surface area contributed by atoms with E-state index in [2.05, 4.69) is 12.2 Å². The van der Waals surface area contributed by atoms with Crippen molar-refractivity contribution in [1.29, 1.82) is 0 Å². The van der Waals surface area contributed by atoms with Crippen LogP contribution in [0.25, 0.3) is 0 Å². The van der Waals surface area contributed by atoms with Crippen LogP contribution in [0.3, 0.4) is 0 Å². The van der Waals surface area contributed by atoms with Crippen LogP contribution in [0.1, 0.15) is 39.0 Å². The Hall–Kier alpha value is 0.110. The van der Waals surface area contributed by atoms with E-state index in [9.17, 15) is 4.21 Å². The SMILES string of the molecule is CC1CCC(CNCCCS(C)=O)CC1. The van der Waals surface area contributed by atoms with Crippen molar-refractivity contribution in [2.24, 2.45) is 11.8 Å². The maximum atomic E-state index is 10.8. The average Bonchev–Trinajstić information content (AvgIpc) is 2.20. The van der Waals surface area contributed by atoms with E-state index < -0.39 is 10.8 Å². The Kier molecular flexibility index (Phi) is 6.50. The fourth-order valence-electron chi connectivity index (χ4n) is 2.24. The van der Waals surface area contributed by atoms with E-state index in [1.54, 1.807) is 6.26 Å². The van der Waals surface area contributed by atoms with Crippen LogP contribution in [0.15, 0.2) is 0 Å². The minimum absolute atomic E-state index is 0.619. The zero-order valence-corrected chi connectivity index (χ0v) is 10.9. The second-order valence-corrected chi connectivity index (χ2v) is 6.52. The number of nitrogens with one attached hydrogen (secondary N) is 1. The van der Waals surface area contributed by atoms with Crippen LogP contribution in [0, 0.1) is 11.8 Å². The minimum Gasteiger partial charge on any atom is -0.316 e. The van der Waals surface area contributed by atoms with E-state index in [4.69, 9.17) is 0 Å². The van der Waals surface area contributed by atoms with E-state index in [1.165, 1.54) is 32.2 Å². The Bertz CT molecular complexity index is 188. The highest BCUT2D eigenvalue weighted by Gasteiger charge is 2.17. The molecule has 0 spiro atoms. The maximum absolute atomic E-state index is 10.8. The third-order valence-electron chi connectivity index (χ3n) is 3.35. The Morgan fingerprint density at radius 1 is 1.27 bits per heavy atom. The number of hydrogen-bond acceptors (Lipinski definition) is 2. The first kappa shape index (κ1) is 13.2. The van der Waals surface area contributed by atoms with E-state index in [0.717, 1.165) is 30.6 Å². The van der Waals surface area contributed by atoms with Crippen molar-refractivity contribution in [3.63, 3.8) is 0 Å². The molecule has 0 aromatic heterocycles. The lowest BCUT2D eigenvalue weighted by Crippen LogP contribution is -2.27. The zero-order chi connectivity index (χ0) is 11.1. The van der Waals surface area contributed by atoms with Gasteiger partial charge in [-0.25, -0.2) is 0 Å². The summed E-state index contributed by atoms with van der Waals surface area (Å²) in [6.07, 6.45) is 8.44. The molecule has 0 heterocycles. The molecule has 15 heavy (non-hydrogen) atoms. The summed E-state index contributed by atoms with van der Waals surface area (Å²) in [5.41, 5.74) is 0. The Balaban J connectivity index is 1.94. The molecule has 0 amide bonds. The van der Waals surface area contributed by atoms with Crippen LogP contribution in [0.5, 0.6) is 0 Å². The molecule has 2 nitrogen and oxygen atoms in total. The first-order valence-electron chi connectivity index (χ1n) is 6.19. The van der Waals surface area contributed by atoms with Crippen molar-refractivity contribution in [2.75, 3.05) is 25.1 Å². The van der Waals surface area contributed by atoms with E-state index >= 15 is 0 Å². The lowest BCUT2D eigenvalue weighted by molar-refractivity contribution is 0.282. The summed E-state index contributed by atoms with van der Waals surface area (Å²) >= 11 is 0. The van der Waals surface area contributed by atoms with Gasteiger partial charge >= 0.3 is 0 Å². The summed E-state index contributed by atoms with van der Waals surface area (Å²) < 4.78 is 10.8. The van der Waals surface area contributed by atoms with Gasteiger partial charge in [-0.15, -0.1) is 0 Å². The molecule has 1 saturated carbocycles. The molecular formula is C12H25NOS. The first-order valence-corrected chi connectivity index (χ1v) is 7.92. The predicted octanol–water partition coefficient (Wildman–Crippen LogP) is 2.17. The first-order chi connectivity index (χ1) is 7.18. The van der Waals surface area contributed by atoms with Crippen molar-refractivity contribution in [3.8, 4) is 0 Å². The van der Waals surface area contributed by atoms with E-state index in [1.807, 2.05) is 0 Å². The molecule has 0 bridgehead atoms. The van der Waals surface area contributed by atoms with Crippen LogP contribution in [-0.4, -0.2) is 29.3 Å². The van der Waals surface area contributed by atoms with E-state index in [0.29, 0.717) is 0 Å². The monoisotopic (exact) mass is 231 g/mol. The van der Waals surface area contributed by atoms with Crippen molar-refractivity contribution in [2.45, 2.75) is 39.0 Å². The van der Waals surface area contributed by atoms with Gasteiger partial charge in [-0.2, -0.15) is 0 Å². The molecule has 0 saturated heterocycles. The van der Waals surface area contributed by atoms with Crippen LogP contribution in [-0.2, 0) is 10.8 Å². The summed E-state index contributed by atoms with van der Waals surface area (Å²) in [6.45, 7) is 4.56. The normalized spacial score (nSPS) is 28.9. The summed E-state index contributed by atoms with van der Waals surface area (Å²) in [6, 6.07) is 0. The molecule has 0 radical (unpaired) electrons. The molecule has 1 aliphatic rings. The molecule has 1 atom stereocenters. The average molecular weight is 231 g/mol. The second-order valence-electron chi connectivity index (χ2n) is 4.96. The topological polar surface area (TPSA) is 29.1 Å². The summed E-state index contributed by atoms with van der Waals surface area (Å²) in [5.74, 6) is 2.69. The predicted molar refractivity (Wildman–Crippen MR) is 67.5 cm³/mol. The van der Waals surface area contributed by atoms with Crippen molar-refractivity contribution in [1.82, 2.24) is 5.32 Å². The van der Waals surface area contributed by atoms with Gasteiger partial charge in [0.15, 0.2) is 0 Å². The van der Waals surface area contributed by atoms with Crippen molar-refractivity contribution >= 4 is 10.8 Å². The lowest BCUT2D eigenvalue weighted by Gasteiger charge is -2.26. The maximum Gasteiger partial charge on any atom is 0.0244 e. The molecule has 3 heteroatoms. The van der Waals surface area contributed by atoms with Crippen LogP contribution in [0.4, 0.5) is 0 Å². The Labute approximate surface area is 96.7 Å². The molecule has 90 valence electrons. The molecule has 0 aromatic carbocycles. The highest BCUT2D eigenvalue weighted by atomic mass is 32.2. The molecule has 1 unspecified atom stereocenters. The number of hydrogen-bond donors (Lipinski definition) is 1. The van der Waals surface area contributed by atoms with Crippen molar-refractivity contribution in [3.05, 3.63) is 0 Å². The largest absolute Gasteiger partial charge is 0.316 e. The van der Waals surface area contributed by atoms with Crippen molar-refractivity contribution < 1.29 is 4.21 Å². The van der Waals surface area contributed by atoms with Gasteiger partial charge in [-0.05, 0) is 44.2 Å². The Morgan fingerprint density at radius 3 is 2.53 bits per heavy atom. The van der Waals surface area contributed by atoms with Crippen LogP contribution >= 0.6 is 0 Å². The zero-order valence-electron chi connectivity index (χ0n) is 10.1. The lowest BCUT2D eigenvalue weighted by atomic mass is 9.83.